The van der Waals surface area contributed by atoms with Crippen LogP contribution in [0.2, 0.25) is 0 Å². The Morgan fingerprint density at radius 3 is 2.48 bits per heavy atom. The largest absolute Gasteiger partial charge is 0.363 e. The van der Waals surface area contributed by atoms with Gasteiger partial charge in [0.2, 0.25) is 11.9 Å². The van der Waals surface area contributed by atoms with Gasteiger partial charge in [0.25, 0.3) is 0 Å². The topological polar surface area (TPSA) is 70.2 Å². The van der Waals surface area contributed by atoms with Gasteiger partial charge in [-0.15, -0.1) is 0 Å². The normalized spacial score (nSPS) is 18.9. The van der Waals surface area contributed by atoms with Gasteiger partial charge in [0, 0.05) is 44.4 Å². The van der Waals surface area contributed by atoms with Crippen molar-refractivity contribution in [1.29, 1.82) is 0 Å². The first-order valence-corrected chi connectivity index (χ1v) is 9.83. The zero-order valence-corrected chi connectivity index (χ0v) is 17.0. The van der Waals surface area contributed by atoms with Crippen LogP contribution in [-0.2, 0) is 11.3 Å². The molecule has 1 fully saturated rings. The van der Waals surface area contributed by atoms with E-state index < -0.39 is 11.6 Å². The fraction of sp³-hybridized carbons (Fsp3) is 0.476. The average molecular weight is 403 g/mol. The molecule has 0 atom stereocenters. The summed E-state index contributed by atoms with van der Waals surface area (Å²) in [5, 5.41) is 6.22. The quantitative estimate of drug-likeness (QED) is 0.774. The van der Waals surface area contributed by atoms with Crippen LogP contribution in [0.3, 0.4) is 0 Å². The number of amides is 1. The zero-order chi connectivity index (χ0) is 21.0. The molecule has 3 rings (SSSR count). The Hall–Kier alpha value is -2.77. The SMILES string of the molecule is Cc1cc(N(C)C)nc(N[C@H]2CC[C@@H](C(=O)NCc3ccc(F)c(F)c3)CC2)n1. The average Bonchev–Trinajstić information content (AvgIpc) is 2.68. The molecule has 0 bridgehead atoms. The molecule has 29 heavy (non-hydrogen) atoms. The fourth-order valence-electron chi connectivity index (χ4n) is 3.51. The maximum Gasteiger partial charge on any atom is 0.225 e. The number of hydrogen-bond donors (Lipinski definition) is 2. The number of nitrogens with zero attached hydrogens (tertiary/aromatic N) is 3. The van der Waals surface area contributed by atoms with E-state index in [2.05, 4.69) is 20.6 Å². The Bertz CT molecular complexity index is 866. The van der Waals surface area contributed by atoms with Crippen LogP contribution in [0.5, 0.6) is 0 Å². The van der Waals surface area contributed by atoms with Gasteiger partial charge in [-0.2, -0.15) is 4.98 Å². The summed E-state index contributed by atoms with van der Waals surface area (Å²) < 4.78 is 26.3. The molecule has 1 aliphatic carbocycles. The highest BCUT2D eigenvalue weighted by Gasteiger charge is 2.26. The predicted molar refractivity (Wildman–Crippen MR) is 109 cm³/mol. The summed E-state index contributed by atoms with van der Waals surface area (Å²) in [5.74, 6) is -0.450. The first kappa shape index (κ1) is 21.0. The van der Waals surface area contributed by atoms with Gasteiger partial charge in [0.15, 0.2) is 11.6 Å². The molecule has 2 aromatic rings. The monoisotopic (exact) mass is 403 g/mol. The van der Waals surface area contributed by atoms with Crippen molar-refractivity contribution in [2.24, 2.45) is 5.92 Å². The minimum absolute atomic E-state index is 0.0464. The molecule has 156 valence electrons. The van der Waals surface area contributed by atoms with Crippen LogP contribution in [0.25, 0.3) is 0 Å². The maximum atomic E-state index is 13.3. The highest BCUT2D eigenvalue weighted by atomic mass is 19.2. The van der Waals surface area contributed by atoms with E-state index >= 15 is 0 Å². The molecule has 6 nitrogen and oxygen atoms in total. The minimum Gasteiger partial charge on any atom is -0.363 e. The molecular formula is C21H27F2N5O. The van der Waals surface area contributed by atoms with E-state index in [0.29, 0.717) is 11.5 Å². The smallest absolute Gasteiger partial charge is 0.225 e. The second-order valence-electron chi connectivity index (χ2n) is 7.74. The minimum atomic E-state index is -0.904. The van der Waals surface area contributed by atoms with Crippen LogP contribution in [0.4, 0.5) is 20.5 Å². The third-order valence-electron chi connectivity index (χ3n) is 5.18. The van der Waals surface area contributed by atoms with Crippen LogP contribution < -0.4 is 15.5 Å². The number of carbonyl (C=O) groups is 1. The molecule has 2 N–H and O–H groups in total. The first-order chi connectivity index (χ1) is 13.8. The number of anilines is 2. The summed E-state index contributed by atoms with van der Waals surface area (Å²) in [7, 11) is 3.88. The van der Waals surface area contributed by atoms with E-state index in [0.717, 1.165) is 49.3 Å². The van der Waals surface area contributed by atoms with Gasteiger partial charge < -0.3 is 15.5 Å². The lowest BCUT2D eigenvalue weighted by atomic mass is 9.85. The molecule has 1 heterocycles. The van der Waals surface area contributed by atoms with E-state index in [9.17, 15) is 13.6 Å². The Labute approximate surface area is 169 Å². The molecule has 1 amide bonds. The van der Waals surface area contributed by atoms with E-state index in [-0.39, 0.29) is 24.4 Å². The number of hydrogen-bond acceptors (Lipinski definition) is 5. The second-order valence-corrected chi connectivity index (χ2v) is 7.74. The van der Waals surface area contributed by atoms with Crippen molar-refractivity contribution >= 4 is 17.7 Å². The summed E-state index contributed by atoms with van der Waals surface area (Å²) >= 11 is 0. The van der Waals surface area contributed by atoms with Crippen LogP contribution >= 0.6 is 0 Å². The molecule has 0 radical (unpaired) electrons. The number of benzene rings is 1. The molecule has 1 saturated carbocycles. The van der Waals surface area contributed by atoms with Gasteiger partial charge in [0.1, 0.15) is 5.82 Å². The van der Waals surface area contributed by atoms with Crippen molar-refractivity contribution in [3.63, 3.8) is 0 Å². The van der Waals surface area contributed by atoms with Crippen molar-refractivity contribution < 1.29 is 13.6 Å². The van der Waals surface area contributed by atoms with Crippen molar-refractivity contribution in [2.75, 3.05) is 24.3 Å². The van der Waals surface area contributed by atoms with Crippen LogP contribution in [0, 0.1) is 24.5 Å². The highest BCUT2D eigenvalue weighted by Crippen LogP contribution is 2.26. The number of aryl methyl sites for hydroxylation is 1. The second kappa shape index (κ2) is 9.15. The first-order valence-electron chi connectivity index (χ1n) is 9.83. The van der Waals surface area contributed by atoms with E-state index in [1.54, 1.807) is 0 Å². The zero-order valence-electron chi connectivity index (χ0n) is 17.0. The van der Waals surface area contributed by atoms with E-state index in [4.69, 9.17) is 0 Å². The molecule has 0 saturated heterocycles. The van der Waals surface area contributed by atoms with Crippen LogP contribution in [0.1, 0.15) is 36.9 Å². The number of nitrogens with one attached hydrogen (secondary N) is 2. The number of aromatic nitrogens is 2. The Balaban J connectivity index is 1.48. The van der Waals surface area contributed by atoms with E-state index in [1.165, 1.54) is 6.07 Å². The number of carbonyl (C=O) groups excluding carboxylic acids is 1. The third-order valence-corrected chi connectivity index (χ3v) is 5.18. The Morgan fingerprint density at radius 1 is 1.10 bits per heavy atom. The summed E-state index contributed by atoms with van der Waals surface area (Å²) in [6.07, 6.45) is 3.21. The molecule has 1 aromatic carbocycles. The molecule has 1 aliphatic rings. The van der Waals surface area contributed by atoms with E-state index in [1.807, 2.05) is 32.0 Å². The Morgan fingerprint density at radius 2 is 1.83 bits per heavy atom. The molecular weight excluding hydrogens is 376 g/mol. The summed E-state index contributed by atoms with van der Waals surface area (Å²) in [5.41, 5.74) is 1.44. The van der Waals surface area contributed by atoms with Gasteiger partial charge in [-0.05, 0) is 50.3 Å². The highest BCUT2D eigenvalue weighted by molar-refractivity contribution is 5.78. The summed E-state index contributed by atoms with van der Waals surface area (Å²) in [4.78, 5) is 23.3. The van der Waals surface area contributed by atoms with Crippen LogP contribution in [0.15, 0.2) is 24.3 Å². The summed E-state index contributed by atoms with van der Waals surface area (Å²) in [6, 6.07) is 5.81. The Kier molecular flexibility index (Phi) is 6.61. The van der Waals surface area contributed by atoms with Crippen molar-refractivity contribution in [3.05, 3.63) is 47.2 Å². The summed E-state index contributed by atoms with van der Waals surface area (Å²) in [6.45, 7) is 2.13. The van der Waals surface area contributed by atoms with Gasteiger partial charge in [-0.25, -0.2) is 13.8 Å². The number of rotatable bonds is 6. The lowest BCUT2D eigenvalue weighted by molar-refractivity contribution is -0.126. The maximum absolute atomic E-state index is 13.3. The molecule has 0 aliphatic heterocycles. The lowest BCUT2D eigenvalue weighted by Gasteiger charge is -2.28. The van der Waals surface area contributed by atoms with Gasteiger partial charge in [-0.1, -0.05) is 6.07 Å². The van der Waals surface area contributed by atoms with Gasteiger partial charge >= 0.3 is 0 Å². The molecule has 0 spiro atoms. The number of halogens is 2. The van der Waals surface area contributed by atoms with Crippen molar-refractivity contribution in [3.8, 4) is 0 Å². The lowest BCUT2D eigenvalue weighted by Crippen LogP contribution is -2.36. The molecule has 1 aromatic heterocycles. The fourth-order valence-corrected chi connectivity index (χ4v) is 3.51. The molecule has 0 unspecified atom stereocenters. The van der Waals surface area contributed by atoms with Crippen molar-refractivity contribution in [1.82, 2.24) is 15.3 Å². The third kappa shape index (κ3) is 5.62. The van der Waals surface area contributed by atoms with Gasteiger partial charge in [0.05, 0.1) is 0 Å². The van der Waals surface area contributed by atoms with Crippen molar-refractivity contribution in [2.45, 2.75) is 45.2 Å². The van der Waals surface area contributed by atoms with Gasteiger partial charge in [-0.3, -0.25) is 4.79 Å². The predicted octanol–water partition coefficient (Wildman–Crippen LogP) is 3.42. The standard InChI is InChI=1S/C21H27F2N5O/c1-13-10-19(28(2)3)27-21(25-13)26-16-7-5-15(6-8-16)20(29)24-12-14-4-9-17(22)18(23)11-14/h4,9-11,15-16H,5-8,12H2,1-3H3,(H,24,29)(H,25,26,27)/t15-,16+. The van der Waals surface area contributed by atoms with Crippen LogP contribution in [-0.4, -0.2) is 36.0 Å². The molecule has 8 heteroatoms.